The van der Waals surface area contributed by atoms with Crippen LogP contribution in [0.4, 0.5) is 5.69 Å². The number of aliphatic carboxylic acids is 2. The van der Waals surface area contributed by atoms with Crippen molar-refractivity contribution in [1.29, 1.82) is 0 Å². The molecule has 0 radical (unpaired) electrons. The number of carboxylic acids is 2. The number of aliphatic hydroxyl groups excluding tert-OH is 9. The summed E-state index contributed by atoms with van der Waals surface area (Å²) >= 11 is 6.65. The number of aromatic nitrogens is 1. The van der Waals surface area contributed by atoms with Crippen molar-refractivity contribution >= 4 is 73.1 Å². The van der Waals surface area contributed by atoms with Crippen LogP contribution >= 0.6 is 11.6 Å². The van der Waals surface area contributed by atoms with Crippen molar-refractivity contribution in [2.24, 2.45) is 15.9 Å². The van der Waals surface area contributed by atoms with Crippen LogP contribution in [-0.2, 0) is 43.7 Å². The molecule has 0 bridgehead atoms. The minimum atomic E-state index is -5.46. The number of benzene rings is 4. The third-order valence-electron chi connectivity index (χ3n) is 16.4. The minimum Gasteiger partial charge on any atom is -0.497 e. The van der Waals surface area contributed by atoms with E-state index >= 15 is 4.79 Å². The molecular weight excluding hydrogens is 1330 g/mol. The minimum absolute atomic E-state index is 0.0279. The number of fused-ring (bicyclic) bond motifs is 4. The Bertz CT molecular complexity index is 3890. The maximum absolute atomic E-state index is 15.1. The van der Waals surface area contributed by atoms with Crippen molar-refractivity contribution in [3.8, 4) is 34.5 Å². The number of carbonyl (C=O) groups excluding carboxylic acids is 2. The highest BCUT2D eigenvalue weighted by Crippen LogP contribution is 2.48. The van der Waals surface area contributed by atoms with E-state index in [1.165, 1.54) is 66.4 Å². The van der Waals surface area contributed by atoms with Crippen molar-refractivity contribution in [2.45, 2.75) is 133 Å². The number of alkyl halides is 1. The molecule has 34 nitrogen and oxygen atoms in total. The van der Waals surface area contributed by atoms with Gasteiger partial charge in [0.25, 0.3) is 11.8 Å². The average Bonchev–Trinajstić information content (AvgIpc) is 1.62. The van der Waals surface area contributed by atoms with Gasteiger partial charge in [0, 0.05) is 82.8 Å². The Balaban J connectivity index is 1.01. The maximum Gasteiger partial charge on any atom is 0.501 e. The molecule has 97 heavy (non-hydrogen) atoms. The van der Waals surface area contributed by atoms with E-state index in [9.17, 15) is 79.0 Å². The molecule has 5 aromatic rings. The third kappa shape index (κ3) is 16.1. The molecule has 0 saturated carbocycles. The van der Waals surface area contributed by atoms with Crippen LogP contribution in [0.25, 0.3) is 32.1 Å². The lowest BCUT2D eigenvalue weighted by Crippen LogP contribution is -2.62. The first-order valence-electron chi connectivity index (χ1n) is 30.1. The summed E-state index contributed by atoms with van der Waals surface area (Å²) in [6.07, 6.45) is -29.8. The molecule has 4 aliphatic heterocycles. The van der Waals surface area contributed by atoms with Crippen LogP contribution in [0, 0.1) is 10.8 Å². The Morgan fingerprint density at radius 3 is 1.96 bits per heavy atom. The zero-order valence-corrected chi connectivity index (χ0v) is 54.6. The van der Waals surface area contributed by atoms with E-state index in [2.05, 4.69) is 15.0 Å². The van der Waals surface area contributed by atoms with Gasteiger partial charge in [0.2, 0.25) is 12.6 Å². The van der Waals surface area contributed by atoms with Crippen molar-refractivity contribution in [2.75, 3.05) is 71.0 Å². The summed E-state index contributed by atoms with van der Waals surface area (Å²) < 4.78 is 91.6. The van der Waals surface area contributed by atoms with E-state index in [0.29, 0.717) is 22.1 Å². The second kappa shape index (κ2) is 29.8. The summed E-state index contributed by atoms with van der Waals surface area (Å²) in [4.78, 5) is 61.5. The molecule has 3 saturated heterocycles. The van der Waals surface area contributed by atoms with Gasteiger partial charge in [0.15, 0.2) is 47.2 Å². The number of anilines is 1. The van der Waals surface area contributed by atoms with Gasteiger partial charge >= 0.3 is 22.3 Å². The molecule has 1 aromatic heterocycles. The summed E-state index contributed by atoms with van der Waals surface area (Å²) in [6.45, 7) is 8.79. The number of hydrogen-bond donors (Lipinski definition) is 12. The summed E-state index contributed by atoms with van der Waals surface area (Å²) in [5, 5.41) is 119. The average molecular weight is 1410 g/mol. The summed E-state index contributed by atoms with van der Waals surface area (Å²) in [5.41, 5.74) is 8.13. The number of nitrogens with zero attached hydrogens (tertiary/aromatic N) is 5. The highest BCUT2D eigenvalue weighted by Gasteiger charge is 2.51. The lowest BCUT2D eigenvalue weighted by atomic mass is 9.92. The predicted octanol–water partition coefficient (Wildman–Crippen LogP) is 1.23. The fourth-order valence-electron chi connectivity index (χ4n) is 11.5. The monoisotopic (exact) mass is 1410 g/mol. The first-order valence-corrected chi connectivity index (χ1v) is 32.0. The number of ether oxygens (including phenoxy) is 9. The zero-order valence-electron chi connectivity index (χ0n) is 53.0. The summed E-state index contributed by atoms with van der Waals surface area (Å²) in [5.74, 6) is -7.16. The fourth-order valence-corrected chi connectivity index (χ4v) is 12.5. The topological polar surface area (TPSA) is 498 Å². The number of carboxylic acid groups (broad SMARTS) is 2. The number of azide groups is 1. The normalized spacial score (nSPS) is 27.5. The van der Waals surface area contributed by atoms with E-state index < -0.39 is 167 Å². The zero-order chi connectivity index (χ0) is 70.9. The van der Waals surface area contributed by atoms with Crippen molar-refractivity contribution < 1.29 is 135 Å². The molecule has 36 heteroatoms. The summed E-state index contributed by atoms with van der Waals surface area (Å²) in [6, 6.07) is 13.3. The lowest BCUT2D eigenvalue weighted by molar-refractivity contribution is -0.318. The van der Waals surface area contributed by atoms with Crippen LogP contribution in [0.15, 0.2) is 65.8 Å². The molecule has 4 aromatic carbocycles. The number of carbonyl (C=O) groups is 4. The van der Waals surface area contributed by atoms with E-state index in [1.54, 1.807) is 13.0 Å². The molecule has 12 N–H and O–H groups in total. The largest absolute Gasteiger partial charge is 0.501 e. The van der Waals surface area contributed by atoms with Crippen LogP contribution in [0.1, 0.15) is 66.9 Å². The SMILES string of the molecule is CCOc1cc2cc(C(=O)N3C[C@@H](CCl)c4c3cc(OS(=O)(=O)Oc3cc(C(=O)N(C)CC(C)(C)COCC(C)(C)CN=[N+]=[N-])ccc3O[C@@H]3O[C@H](C(=O)O)[C@@H](O)[C@H](O)[C@H]3O)c3ccc(OC)cc43)[nH]c2cc1O[C@@H]1O[C@H](CO[C@@H]2OC(C(=O)O)[C@@H](O)[C@H](O)[C@H]2O)[C@H](O)[C@H](O)[C@H]1O. The number of amides is 2. The predicted molar refractivity (Wildman–Crippen MR) is 334 cm³/mol. The van der Waals surface area contributed by atoms with Gasteiger partial charge < -0.3 is 122 Å². The molecule has 2 amide bonds. The van der Waals surface area contributed by atoms with Crippen molar-refractivity contribution in [3.63, 3.8) is 0 Å². The van der Waals surface area contributed by atoms with E-state index in [1.807, 2.05) is 27.7 Å². The standard InChI is InChI=1S/C61H75ClN6O28S/c1-8-88-37-15-27-13-33(65-32(27)17-38(37)91-58-49(76)43(70)42(69)40(92-58)21-89-57-48(75)44(71)46(73)51(93-57)55(80)81)54(79)68-20-28(19-62)41-31-16-29(86-7)10-11-30(31)36(18-34(41)68)95-97(84,85)96-39-14-26(9-12-35(39)90-59-50(77)45(72)47(74)52(94-59)56(82)83)53(78)67(6)23-61(4,5)25-87-24-60(2,3)22-64-66-63/h9-18,28,40,42-52,57-59,65,69-77H,8,19-25H2,1-7H3,(H,80,81)(H,82,83)/t28-,40-,42+,43+,44+,45+,46+,47+,48-,49-,50-,51?,52+,57-,58-,59-/m1/s1. The van der Waals surface area contributed by atoms with Crippen LogP contribution in [0.2, 0.25) is 0 Å². The number of hydrogen-bond acceptors (Lipinski definition) is 27. The molecule has 5 heterocycles. The van der Waals surface area contributed by atoms with Gasteiger partial charge in [-0.2, -0.15) is 0 Å². The molecule has 9 rings (SSSR count). The number of nitrogens with one attached hydrogen (secondary N) is 1. The van der Waals surface area contributed by atoms with Crippen molar-refractivity contribution in [1.82, 2.24) is 9.88 Å². The molecule has 0 spiro atoms. The van der Waals surface area contributed by atoms with Crippen LogP contribution < -0.4 is 32.2 Å². The van der Waals surface area contributed by atoms with Gasteiger partial charge in [-0.15, -0.1) is 20.0 Å². The lowest BCUT2D eigenvalue weighted by Gasteiger charge is -2.42. The first-order chi connectivity index (χ1) is 45.7. The number of halogens is 1. The molecule has 0 aliphatic carbocycles. The molecule has 4 aliphatic rings. The van der Waals surface area contributed by atoms with Crippen LogP contribution in [0.3, 0.4) is 0 Å². The first kappa shape index (κ1) is 73.6. The molecular formula is C61H75ClN6O28S. The Morgan fingerprint density at radius 1 is 0.722 bits per heavy atom. The number of methoxy groups -OCH3 is 1. The Morgan fingerprint density at radius 2 is 1.33 bits per heavy atom. The Kier molecular flexibility index (Phi) is 22.6. The molecule has 16 atom stereocenters. The van der Waals surface area contributed by atoms with Gasteiger partial charge in [-0.1, -0.05) is 32.8 Å². The van der Waals surface area contributed by atoms with Gasteiger partial charge in [0.05, 0.1) is 39.2 Å². The van der Waals surface area contributed by atoms with E-state index in [4.69, 9.17) is 68.1 Å². The van der Waals surface area contributed by atoms with Crippen molar-refractivity contribution in [3.05, 3.63) is 87.9 Å². The highest BCUT2D eigenvalue weighted by atomic mass is 35.5. The van der Waals surface area contributed by atoms with Gasteiger partial charge in [0.1, 0.15) is 72.5 Å². The van der Waals surface area contributed by atoms with Crippen LogP contribution in [-0.4, -0.2) is 256 Å². The fraction of sp³-hybridized carbons (Fsp3) is 0.541. The van der Waals surface area contributed by atoms with Gasteiger partial charge in [-0.3, -0.25) is 9.59 Å². The van der Waals surface area contributed by atoms with E-state index in [-0.39, 0.29) is 84.7 Å². The number of aromatic amines is 1. The maximum atomic E-state index is 15.1. The molecule has 530 valence electrons. The Hall–Kier alpha value is -7.65. The van der Waals surface area contributed by atoms with Crippen LogP contribution in [0.5, 0.6) is 34.5 Å². The number of rotatable bonds is 27. The third-order valence-corrected chi connectivity index (χ3v) is 17.6. The number of H-pyrrole nitrogens is 1. The second-order valence-corrected chi connectivity index (χ2v) is 26.6. The smallest absolute Gasteiger partial charge is 0.497 e. The van der Waals surface area contributed by atoms with E-state index in [0.717, 1.165) is 12.1 Å². The van der Waals surface area contributed by atoms with Gasteiger partial charge in [-0.25, -0.2) is 9.59 Å². The highest BCUT2D eigenvalue weighted by molar-refractivity contribution is 7.82. The number of aliphatic hydroxyl groups is 9. The molecule has 1 unspecified atom stereocenters. The molecule has 3 fully saturated rings. The van der Waals surface area contributed by atoms with Gasteiger partial charge in [-0.05, 0) is 77.4 Å². The summed E-state index contributed by atoms with van der Waals surface area (Å²) in [7, 11) is -2.61. The Labute approximate surface area is 557 Å². The quantitative estimate of drug-likeness (QED) is 0.0152. The second-order valence-electron chi connectivity index (χ2n) is 25.1.